The number of carbonyl (C=O) groups is 1. The number of fused-ring (bicyclic) bond motifs is 1. The second-order valence-corrected chi connectivity index (χ2v) is 10.5. The molecule has 2 aromatic rings. The normalized spacial score (nSPS) is 18.9. The summed E-state index contributed by atoms with van der Waals surface area (Å²) in [7, 11) is 0.390. The van der Waals surface area contributed by atoms with Crippen LogP contribution in [-0.2, 0) is 28.3 Å². The lowest BCUT2D eigenvalue weighted by Crippen LogP contribution is -2.43. The minimum absolute atomic E-state index is 0.106. The average molecular weight is 528 g/mol. The van der Waals surface area contributed by atoms with Gasteiger partial charge in [0.1, 0.15) is 5.03 Å². The number of aliphatic hydroxyl groups is 1. The highest BCUT2D eigenvalue weighted by Gasteiger charge is 2.31. The highest BCUT2D eigenvalue weighted by Crippen LogP contribution is 2.23. The van der Waals surface area contributed by atoms with E-state index in [1.807, 2.05) is 17.7 Å². The maximum atomic E-state index is 13.0. The predicted molar refractivity (Wildman–Crippen MR) is 128 cm³/mol. The zero-order chi connectivity index (χ0) is 22.5. The number of carbonyl (C=O) groups excluding carboxylic acids is 1. The summed E-state index contributed by atoms with van der Waals surface area (Å²) in [5.74, 6) is 0.887. The van der Waals surface area contributed by atoms with Crippen molar-refractivity contribution in [2.45, 2.75) is 28.6 Å². The van der Waals surface area contributed by atoms with Gasteiger partial charge in [-0.05, 0) is 30.7 Å². The van der Waals surface area contributed by atoms with Crippen LogP contribution in [0.3, 0.4) is 0 Å². The first-order valence-electron chi connectivity index (χ1n) is 9.89. The number of pyridine rings is 1. The molecule has 0 saturated carbocycles. The van der Waals surface area contributed by atoms with Gasteiger partial charge >= 0.3 is 5.97 Å². The first-order chi connectivity index (χ1) is 14.9. The number of nitrogens with two attached hydrogens (primary N) is 1. The van der Waals surface area contributed by atoms with Gasteiger partial charge in [-0.3, -0.25) is 4.21 Å². The Balaban J connectivity index is 2.22. The molecule has 7 nitrogen and oxygen atoms in total. The van der Waals surface area contributed by atoms with Crippen LogP contribution in [0.15, 0.2) is 29.4 Å². The van der Waals surface area contributed by atoms with Crippen molar-refractivity contribution in [3.63, 3.8) is 0 Å². The van der Waals surface area contributed by atoms with Crippen molar-refractivity contribution in [3.8, 4) is 0 Å². The van der Waals surface area contributed by atoms with Gasteiger partial charge < -0.3 is 20.1 Å². The maximum absolute atomic E-state index is 13.0. The van der Waals surface area contributed by atoms with E-state index in [-0.39, 0.29) is 17.2 Å². The lowest BCUT2D eigenvalue weighted by molar-refractivity contribution is 0.0524. The third-order valence-electron chi connectivity index (χ3n) is 5.00. The lowest BCUT2D eigenvalue weighted by atomic mass is 9.99. The zero-order valence-electron chi connectivity index (χ0n) is 17.4. The molecule has 0 spiro atoms. The molecule has 3 atom stereocenters. The summed E-state index contributed by atoms with van der Waals surface area (Å²) < 4.78 is 20.3. The summed E-state index contributed by atoms with van der Waals surface area (Å²) in [6.45, 7) is 2.49. The van der Waals surface area contributed by atoms with E-state index >= 15 is 0 Å². The number of nitrogens with zero attached hydrogens (tertiary/aromatic N) is 2. The van der Waals surface area contributed by atoms with Gasteiger partial charge in [-0.25, -0.2) is 9.78 Å². The molecule has 0 aromatic carbocycles. The fraction of sp³-hybridized carbons (Fsp3) is 0.429. The minimum Gasteiger partial charge on any atom is -0.462 e. The Morgan fingerprint density at radius 3 is 2.87 bits per heavy atom. The molecule has 3 rings (SSSR count). The van der Waals surface area contributed by atoms with Gasteiger partial charge in [0.15, 0.2) is 0 Å². The van der Waals surface area contributed by atoms with E-state index in [1.165, 1.54) is 0 Å². The van der Waals surface area contributed by atoms with Gasteiger partial charge in [0.2, 0.25) is 0 Å². The van der Waals surface area contributed by atoms with E-state index in [0.717, 1.165) is 16.7 Å². The van der Waals surface area contributed by atoms with Crippen LogP contribution >= 0.6 is 27.7 Å². The van der Waals surface area contributed by atoms with Crippen molar-refractivity contribution in [3.05, 3.63) is 46.2 Å². The highest BCUT2D eigenvalue weighted by molar-refractivity contribution is 9.09. The number of esters is 1. The van der Waals surface area contributed by atoms with Gasteiger partial charge in [-0.1, -0.05) is 22.0 Å². The topological polar surface area (TPSA) is 107 Å². The fourth-order valence-corrected chi connectivity index (χ4v) is 6.11. The molecule has 1 aliphatic carbocycles. The molecule has 168 valence electrons. The van der Waals surface area contributed by atoms with E-state index in [0.29, 0.717) is 33.8 Å². The number of aromatic nitrogens is 2. The smallest absolute Gasteiger partial charge is 0.340 e. The van der Waals surface area contributed by atoms with Gasteiger partial charge in [0.25, 0.3) is 0 Å². The van der Waals surface area contributed by atoms with Gasteiger partial charge in [0.05, 0.1) is 39.7 Å². The Hall–Kier alpha value is -1.46. The molecule has 2 aromatic heterocycles. The van der Waals surface area contributed by atoms with Crippen molar-refractivity contribution < 1.29 is 18.8 Å². The fourth-order valence-electron chi connectivity index (χ4n) is 3.55. The molecule has 1 aliphatic rings. The Labute approximate surface area is 196 Å². The monoisotopic (exact) mass is 527 g/mol. The molecule has 2 heterocycles. The summed E-state index contributed by atoms with van der Waals surface area (Å²) in [5.41, 5.74) is 7.33. The molecule has 0 bridgehead atoms. The van der Waals surface area contributed by atoms with Gasteiger partial charge in [0, 0.05) is 47.6 Å². The van der Waals surface area contributed by atoms with Crippen LogP contribution in [0.2, 0.25) is 0 Å². The molecular formula is C21H26BrN3O4S2. The van der Waals surface area contributed by atoms with E-state index in [1.54, 1.807) is 43.1 Å². The van der Waals surface area contributed by atoms with Crippen LogP contribution in [0.5, 0.6) is 0 Å². The second kappa shape index (κ2) is 10.9. The van der Waals surface area contributed by atoms with Crippen molar-refractivity contribution >= 4 is 56.1 Å². The number of hydrogen-bond acceptors (Lipinski definition) is 7. The summed E-state index contributed by atoms with van der Waals surface area (Å²) in [6.07, 6.45) is 2.69. The number of ether oxygens (including phenoxy) is 1. The molecule has 0 aliphatic heterocycles. The molecule has 0 fully saturated rings. The number of rotatable bonds is 9. The van der Waals surface area contributed by atoms with Crippen LogP contribution in [0.25, 0.3) is 11.6 Å². The number of alkyl halides is 1. The Morgan fingerprint density at radius 1 is 1.45 bits per heavy atom. The molecule has 0 amide bonds. The van der Waals surface area contributed by atoms with Crippen molar-refractivity contribution in [2.24, 2.45) is 12.8 Å². The average Bonchev–Trinajstić information content (AvgIpc) is 3.03. The third kappa shape index (κ3) is 5.14. The first kappa shape index (κ1) is 24.2. The Kier molecular flexibility index (Phi) is 8.51. The molecule has 0 saturated heterocycles. The molecule has 31 heavy (non-hydrogen) atoms. The van der Waals surface area contributed by atoms with Gasteiger partial charge in [-0.15, -0.1) is 0 Å². The van der Waals surface area contributed by atoms with E-state index in [2.05, 4.69) is 20.9 Å². The predicted octanol–water partition coefficient (Wildman–Crippen LogP) is 0.666. The van der Waals surface area contributed by atoms with Crippen molar-refractivity contribution in [2.75, 3.05) is 24.7 Å². The number of hydrogen-bond donors (Lipinski definition) is 2. The molecule has 0 radical (unpaired) electrons. The summed E-state index contributed by atoms with van der Waals surface area (Å²) in [6, 6.07) is 5.25. The quantitative estimate of drug-likeness (QED) is 0.280. The van der Waals surface area contributed by atoms with Crippen molar-refractivity contribution in [1.29, 1.82) is 0 Å². The van der Waals surface area contributed by atoms with Crippen LogP contribution in [0.4, 0.5) is 0 Å². The molecular weight excluding hydrogens is 502 g/mol. The largest absolute Gasteiger partial charge is 0.462 e. The number of thioether (sulfide) groups is 1. The molecule has 10 heteroatoms. The number of halogens is 1. The summed E-state index contributed by atoms with van der Waals surface area (Å²) in [5, 5.41) is 12.8. The summed E-state index contributed by atoms with van der Waals surface area (Å²) >= 11 is 5.14. The van der Waals surface area contributed by atoms with Crippen LogP contribution in [-0.4, -0.2) is 60.4 Å². The van der Waals surface area contributed by atoms with Crippen LogP contribution < -0.4 is 16.3 Å². The highest BCUT2D eigenvalue weighted by atomic mass is 79.9. The molecule has 3 N–H and O–H groups in total. The maximum Gasteiger partial charge on any atom is 0.340 e. The number of aliphatic hydroxyl groups excluding tert-OH is 1. The van der Waals surface area contributed by atoms with E-state index in [4.69, 9.17) is 10.5 Å². The Morgan fingerprint density at radius 2 is 2.23 bits per heavy atom. The minimum atomic E-state index is -1.45. The van der Waals surface area contributed by atoms with Crippen LogP contribution in [0, 0.1) is 0 Å². The lowest BCUT2D eigenvalue weighted by Gasteiger charge is -2.21. The second-order valence-electron chi connectivity index (χ2n) is 6.94. The SMILES string of the molecule is CCOC(=O)c1c(CS(=O)c2ccccn2)n(C)c2c1=C(CSCCN)C(O)C(Br)C=2. The standard InChI is InChI=1S/C21H26BrN3O4S2/c1-3-29-21(27)19-16(12-31(28)17-6-4-5-8-24-17)25(2)15-10-14(22)20(26)13(18(15)19)11-30-9-7-23/h4-6,8,10,14,20,26H,3,7,9,11-12,23H2,1-2H3. The summed E-state index contributed by atoms with van der Waals surface area (Å²) in [4.78, 5) is 16.9. The molecule has 3 unspecified atom stereocenters. The first-order valence-corrected chi connectivity index (χ1v) is 13.3. The zero-order valence-corrected chi connectivity index (χ0v) is 20.6. The van der Waals surface area contributed by atoms with Crippen molar-refractivity contribution in [1.82, 2.24) is 9.55 Å². The van der Waals surface area contributed by atoms with E-state index < -0.39 is 22.9 Å². The third-order valence-corrected chi connectivity index (χ3v) is 8.04. The van der Waals surface area contributed by atoms with Crippen LogP contribution in [0.1, 0.15) is 23.0 Å². The van der Waals surface area contributed by atoms with E-state index in [9.17, 15) is 14.1 Å². The Bertz CT molecular complexity index is 1090. The van der Waals surface area contributed by atoms with Gasteiger partial charge in [-0.2, -0.15) is 11.8 Å².